The van der Waals surface area contributed by atoms with Crippen molar-refractivity contribution in [3.63, 3.8) is 0 Å². The molecule has 7 rings (SSSR count). The molecule has 0 bridgehead atoms. The summed E-state index contributed by atoms with van der Waals surface area (Å²) in [5.74, 6) is -0.113. The van der Waals surface area contributed by atoms with Gasteiger partial charge in [-0.2, -0.15) is 0 Å². The van der Waals surface area contributed by atoms with Crippen molar-refractivity contribution in [3.8, 4) is 34.5 Å². The Labute approximate surface area is 350 Å². The number of rotatable bonds is 18. The minimum Gasteiger partial charge on any atom is -0.508 e. The Bertz CT molecular complexity index is 2410. The third kappa shape index (κ3) is 9.31. The lowest BCUT2D eigenvalue weighted by Crippen LogP contribution is -2.49. The lowest BCUT2D eigenvalue weighted by Gasteiger charge is -2.45. The Hall–Kier alpha value is -6.20. The molecule has 11 nitrogen and oxygen atoms in total. The molecule has 0 amide bonds. The third-order valence-corrected chi connectivity index (χ3v) is 12.0. The number of aliphatic hydroxyl groups is 1. The number of carbonyl (C=O) groups is 1. The first-order valence-corrected chi connectivity index (χ1v) is 20.8. The van der Waals surface area contributed by atoms with Gasteiger partial charge >= 0.3 is 0 Å². The number of aromatic nitrogens is 2. The highest BCUT2D eigenvalue weighted by Crippen LogP contribution is 2.54. The number of H-pyrrole nitrogens is 1. The number of hydrogen-bond acceptors (Lipinski definition) is 10. The van der Waals surface area contributed by atoms with Crippen LogP contribution in [0, 0.1) is 17.8 Å². The molecule has 6 aromatic rings. The first-order chi connectivity index (χ1) is 28.9. The van der Waals surface area contributed by atoms with Gasteiger partial charge in [0.2, 0.25) is 5.75 Å². The summed E-state index contributed by atoms with van der Waals surface area (Å²) in [6, 6.07) is 27.4. The molecule has 1 aliphatic carbocycles. The van der Waals surface area contributed by atoms with Crippen LogP contribution in [-0.2, 0) is 29.5 Å². The normalized spacial score (nSPS) is 17.4. The number of Topliss-reactive ketones (excluding diaryl/α,β-unsaturated/α-hetero) is 1. The van der Waals surface area contributed by atoms with Crippen LogP contribution in [0.4, 0.5) is 11.5 Å². The SMILES string of the molecule is COc1cc(CC[C@@H](O)[C@H](C(=O)CCc2cc(O)c(O)c(OCC(C)C)c2)[C@@]2(c3ccnc(Nc4ccc5cc(O)ccc5c4)c3)CCC[C@@H]2Cc2ccc[nH]2)ccc1O. The van der Waals surface area contributed by atoms with Gasteiger partial charge in [0.15, 0.2) is 23.0 Å². The molecule has 1 aliphatic rings. The van der Waals surface area contributed by atoms with Crippen LogP contribution in [-0.4, -0.2) is 61.1 Å². The lowest BCUT2D eigenvalue weighted by atomic mass is 9.59. The standard InChI is InChI=1S/C49H55N3O8/c1-30(2)29-60-45-24-32(22-43(57)48(45)58)10-17-42(56)47(41(55)16-9-31-8-15-40(54)44(23-31)59-3)49(19-4-6-35(49)27-37-7-5-20-50-37)36-18-21-51-46(28-36)52-38-13-11-34-26-39(53)14-12-33(34)25-38/h5,7-8,11-15,18,20-26,28,30,35,41,47,50,53-55,57-58H,4,6,9-10,16-17,19,27,29H2,1-3H3,(H,51,52)/t35-,41-,47-,49+/m1/s1. The fourth-order valence-corrected chi connectivity index (χ4v) is 9.15. The number of methoxy groups -OCH3 is 1. The molecular formula is C49H55N3O8. The van der Waals surface area contributed by atoms with Gasteiger partial charge in [-0.1, -0.05) is 38.5 Å². The maximum atomic E-state index is 15.2. The first-order valence-electron chi connectivity index (χ1n) is 20.8. The van der Waals surface area contributed by atoms with Gasteiger partial charge in [0.05, 0.1) is 25.7 Å². The molecule has 1 saturated carbocycles. The summed E-state index contributed by atoms with van der Waals surface area (Å²) in [6.45, 7) is 4.32. The number of aromatic amines is 1. The summed E-state index contributed by atoms with van der Waals surface area (Å²) in [4.78, 5) is 23.3. The second-order valence-electron chi connectivity index (χ2n) is 16.6. The number of fused-ring (bicyclic) bond motifs is 1. The van der Waals surface area contributed by atoms with Gasteiger partial charge in [-0.15, -0.1) is 0 Å². The molecule has 4 aromatic carbocycles. The van der Waals surface area contributed by atoms with E-state index in [1.54, 1.807) is 42.6 Å². The van der Waals surface area contributed by atoms with Crippen molar-refractivity contribution >= 4 is 28.1 Å². The van der Waals surface area contributed by atoms with Gasteiger partial charge in [0.25, 0.3) is 0 Å². The zero-order chi connectivity index (χ0) is 42.4. The Balaban J connectivity index is 1.27. The average Bonchev–Trinajstić information content (AvgIpc) is 3.91. The molecular weight excluding hydrogens is 759 g/mol. The minimum atomic E-state index is -1.05. The topological polar surface area (TPSA) is 177 Å². The van der Waals surface area contributed by atoms with E-state index in [9.17, 15) is 25.5 Å². The maximum absolute atomic E-state index is 15.2. The van der Waals surface area contributed by atoms with Gasteiger partial charge in [-0.05, 0) is 151 Å². The quantitative estimate of drug-likeness (QED) is 0.0414. The van der Waals surface area contributed by atoms with Gasteiger partial charge in [-0.3, -0.25) is 4.79 Å². The van der Waals surface area contributed by atoms with Crippen molar-refractivity contribution < 1.29 is 39.8 Å². The highest BCUT2D eigenvalue weighted by atomic mass is 16.5. The Morgan fingerprint density at radius 2 is 1.70 bits per heavy atom. The van der Waals surface area contributed by atoms with Crippen LogP contribution in [0.1, 0.15) is 68.3 Å². The molecule has 60 heavy (non-hydrogen) atoms. The van der Waals surface area contributed by atoms with Crippen molar-refractivity contribution in [3.05, 3.63) is 126 Å². The molecule has 11 heteroatoms. The third-order valence-electron chi connectivity index (χ3n) is 12.0. The molecule has 2 heterocycles. The highest BCUT2D eigenvalue weighted by molar-refractivity contribution is 5.87. The van der Waals surface area contributed by atoms with Crippen molar-refractivity contribution in [1.29, 1.82) is 0 Å². The molecule has 4 atom stereocenters. The van der Waals surface area contributed by atoms with E-state index in [0.717, 1.165) is 46.1 Å². The average molecular weight is 814 g/mol. The number of carbonyl (C=O) groups excluding carboxylic acids is 1. The summed E-state index contributed by atoms with van der Waals surface area (Å²) in [7, 11) is 1.49. The van der Waals surface area contributed by atoms with Crippen molar-refractivity contribution in [2.24, 2.45) is 17.8 Å². The number of aromatic hydroxyl groups is 4. The highest BCUT2D eigenvalue weighted by Gasteiger charge is 2.54. The van der Waals surface area contributed by atoms with Crippen LogP contribution in [0.3, 0.4) is 0 Å². The van der Waals surface area contributed by atoms with Crippen molar-refractivity contribution in [2.45, 2.75) is 76.7 Å². The summed E-state index contributed by atoms with van der Waals surface area (Å²) in [5, 5.41) is 59.4. The molecule has 314 valence electrons. The lowest BCUT2D eigenvalue weighted by molar-refractivity contribution is -0.131. The van der Waals surface area contributed by atoms with E-state index in [-0.39, 0.29) is 65.6 Å². The number of ether oxygens (including phenoxy) is 2. The van der Waals surface area contributed by atoms with Crippen LogP contribution in [0.2, 0.25) is 0 Å². The second kappa shape index (κ2) is 18.4. The van der Waals surface area contributed by atoms with Gasteiger partial charge in [-0.25, -0.2) is 4.98 Å². The number of anilines is 2. The van der Waals surface area contributed by atoms with E-state index in [2.05, 4.69) is 16.4 Å². The fraction of sp³-hybridized carbons (Fsp3) is 0.347. The van der Waals surface area contributed by atoms with Gasteiger partial charge in [0.1, 0.15) is 17.4 Å². The minimum absolute atomic E-state index is 0.0223. The Kier molecular flexibility index (Phi) is 12.8. The van der Waals surface area contributed by atoms with Gasteiger partial charge < -0.3 is 45.3 Å². The van der Waals surface area contributed by atoms with Crippen LogP contribution in [0.15, 0.2) is 103 Å². The van der Waals surface area contributed by atoms with E-state index in [0.29, 0.717) is 43.0 Å². The number of phenols is 4. The number of hydrogen-bond donors (Lipinski definition) is 7. The smallest absolute Gasteiger partial charge is 0.200 e. The maximum Gasteiger partial charge on any atom is 0.200 e. The first kappa shape index (κ1) is 41.9. The van der Waals surface area contributed by atoms with Crippen molar-refractivity contribution in [2.75, 3.05) is 19.0 Å². The predicted octanol–water partition coefficient (Wildman–Crippen LogP) is 9.26. The number of nitrogens with one attached hydrogen (secondary N) is 2. The second-order valence-corrected chi connectivity index (χ2v) is 16.6. The number of phenolic OH excluding ortho intramolecular Hbond substituents is 4. The molecule has 0 saturated heterocycles. The molecule has 2 aromatic heterocycles. The molecule has 0 aliphatic heterocycles. The summed E-state index contributed by atoms with van der Waals surface area (Å²) in [5.41, 5.74) is 3.46. The molecule has 0 unspecified atom stereocenters. The number of aliphatic hydroxyl groups excluding tert-OH is 1. The van der Waals surface area contributed by atoms with E-state index < -0.39 is 17.4 Å². The largest absolute Gasteiger partial charge is 0.508 e. The predicted molar refractivity (Wildman–Crippen MR) is 233 cm³/mol. The summed E-state index contributed by atoms with van der Waals surface area (Å²) < 4.78 is 11.2. The van der Waals surface area contributed by atoms with Crippen LogP contribution < -0.4 is 14.8 Å². The molecule has 0 radical (unpaired) electrons. The molecule has 7 N–H and O–H groups in total. The van der Waals surface area contributed by atoms with Crippen LogP contribution >= 0.6 is 0 Å². The fourth-order valence-electron chi connectivity index (χ4n) is 9.15. The van der Waals surface area contributed by atoms with E-state index in [1.807, 2.05) is 62.5 Å². The number of nitrogens with zero attached hydrogens (tertiary/aromatic N) is 1. The van der Waals surface area contributed by atoms with E-state index >= 15 is 4.79 Å². The molecule has 1 fully saturated rings. The monoisotopic (exact) mass is 813 g/mol. The zero-order valence-corrected chi connectivity index (χ0v) is 34.4. The van der Waals surface area contributed by atoms with Crippen LogP contribution in [0.25, 0.3) is 10.8 Å². The summed E-state index contributed by atoms with van der Waals surface area (Å²) in [6.07, 6.45) is 6.67. The Morgan fingerprint density at radius 3 is 2.48 bits per heavy atom. The number of benzene rings is 4. The zero-order valence-electron chi connectivity index (χ0n) is 34.4. The number of aryl methyl sites for hydroxylation is 2. The van der Waals surface area contributed by atoms with E-state index in [4.69, 9.17) is 14.5 Å². The van der Waals surface area contributed by atoms with Crippen molar-refractivity contribution in [1.82, 2.24) is 9.97 Å². The number of pyridine rings is 1. The Morgan fingerprint density at radius 1 is 0.900 bits per heavy atom. The van der Waals surface area contributed by atoms with Gasteiger partial charge in [0, 0.05) is 35.6 Å². The molecule has 0 spiro atoms. The number of ketones is 1. The van der Waals surface area contributed by atoms with E-state index in [1.165, 1.54) is 13.2 Å². The van der Waals surface area contributed by atoms with Crippen LogP contribution in [0.5, 0.6) is 34.5 Å². The summed E-state index contributed by atoms with van der Waals surface area (Å²) >= 11 is 0.